The molecule has 278 valence electrons. The Hall–Kier alpha value is -1.61. The number of nitrogens with zero attached hydrogens (tertiary/aromatic N) is 3. The SMILES string of the molecule is C=CC(=O)N1C[C@H](C)N(C2NC(=O)N3C4NC(C(F)CC42)C2C(CCC(Cl)C2F)OCC(OCC)C(O)C2CCNC(C(C)C)C23)C[C@H]1C. The van der Waals surface area contributed by atoms with Gasteiger partial charge in [-0.05, 0) is 65.0 Å². The van der Waals surface area contributed by atoms with Gasteiger partial charge in [-0.1, -0.05) is 20.4 Å². The largest absolute Gasteiger partial charge is 0.390 e. The lowest BCUT2D eigenvalue weighted by molar-refractivity contribution is -0.166. The summed E-state index contributed by atoms with van der Waals surface area (Å²) in [4.78, 5) is 33.1. The Morgan fingerprint density at radius 3 is 2.61 bits per heavy atom. The number of fused-ring (bicyclic) bond motifs is 5. The highest BCUT2D eigenvalue weighted by atomic mass is 35.5. The first-order chi connectivity index (χ1) is 23.4. The van der Waals surface area contributed by atoms with Gasteiger partial charge in [0.2, 0.25) is 5.91 Å². The maximum atomic E-state index is 16.8. The molecule has 6 aliphatic rings. The molecule has 6 rings (SSSR count). The number of amides is 3. The first kappa shape index (κ1) is 37.2. The van der Waals surface area contributed by atoms with E-state index >= 15 is 8.78 Å². The van der Waals surface area contributed by atoms with Gasteiger partial charge in [0.25, 0.3) is 0 Å². The van der Waals surface area contributed by atoms with Crippen molar-refractivity contribution in [1.82, 2.24) is 30.7 Å². The van der Waals surface area contributed by atoms with E-state index in [1.54, 1.807) is 4.90 Å². The summed E-state index contributed by atoms with van der Waals surface area (Å²) >= 11 is 6.53. The normalized spacial score (nSPS) is 46.5. The average molecular weight is 715 g/mol. The molecule has 11 nitrogen and oxygen atoms in total. The van der Waals surface area contributed by atoms with Crippen LogP contribution in [-0.2, 0) is 14.3 Å². The van der Waals surface area contributed by atoms with Crippen LogP contribution >= 0.6 is 11.6 Å². The van der Waals surface area contributed by atoms with Crippen LogP contribution in [0.2, 0.25) is 0 Å². The van der Waals surface area contributed by atoms with Crippen LogP contribution in [0.1, 0.15) is 60.3 Å². The van der Waals surface area contributed by atoms with Crippen LogP contribution in [0.25, 0.3) is 0 Å². The predicted octanol–water partition coefficient (Wildman–Crippen LogP) is 2.61. The van der Waals surface area contributed by atoms with Crippen molar-refractivity contribution in [2.45, 2.75) is 139 Å². The minimum absolute atomic E-state index is 0.0270. The van der Waals surface area contributed by atoms with Crippen molar-refractivity contribution in [3.8, 4) is 0 Å². The molecule has 0 aromatic rings. The predicted molar refractivity (Wildman–Crippen MR) is 182 cm³/mol. The molecular weight excluding hydrogens is 658 g/mol. The van der Waals surface area contributed by atoms with Crippen LogP contribution in [-0.4, -0.2) is 143 Å². The van der Waals surface area contributed by atoms with E-state index in [-0.39, 0.29) is 54.9 Å². The summed E-state index contributed by atoms with van der Waals surface area (Å²) in [5.41, 5.74) is 0. The maximum Gasteiger partial charge on any atom is 0.320 e. The Morgan fingerprint density at radius 1 is 1.16 bits per heavy atom. The quantitative estimate of drug-likeness (QED) is 0.254. The minimum Gasteiger partial charge on any atom is -0.390 e. The number of rotatable bonds is 5. The van der Waals surface area contributed by atoms with E-state index in [9.17, 15) is 14.7 Å². The molecule has 6 fully saturated rings. The molecule has 3 amide bonds. The van der Waals surface area contributed by atoms with Crippen LogP contribution in [0, 0.1) is 23.7 Å². The third kappa shape index (κ3) is 6.87. The Kier molecular flexibility index (Phi) is 11.5. The first-order valence-electron chi connectivity index (χ1n) is 18.5. The number of ether oxygens (including phenoxy) is 2. The van der Waals surface area contributed by atoms with Gasteiger partial charge in [0, 0.05) is 61.6 Å². The number of aliphatic hydroxyl groups is 1. The van der Waals surface area contributed by atoms with E-state index < -0.39 is 72.3 Å². The molecule has 14 unspecified atom stereocenters. The summed E-state index contributed by atoms with van der Waals surface area (Å²) in [7, 11) is 0. The lowest BCUT2D eigenvalue weighted by atomic mass is 9.71. The molecule has 0 aromatic carbocycles. The number of nitrogens with one attached hydrogen (secondary N) is 3. The Balaban J connectivity index is 1.44. The van der Waals surface area contributed by atoms with Crippen molar-refractivity contribution in [2.75, 3.05) is 32.8 Å². The van der Waals surface area contributed by atoms with Crippen molar-refractivity contribution in [1.29, 1.82) is 0 Å². The van der Waals surface area contributed by atoms with Gasteiger partial charge in [0.1, 0.15) is 18.4 Å². The third-order valence-electron chi connectivity index (χ3n) is 12.4. The summed E-state index contributed by atoms with van der Waals surface area (Å²) in [5.74, 6) is -1.74. The van der Waals surface area contributed by atoms with Crippen molar-refractivity contribution in [3.05, 3.63) is 12.7 Å². The van der Waals surface area contributed by atoms with Gasteiger partial charge in [0.15, 0.2) is 0 Å². The molecule has 0 spiro atoms. The second-order valence-electron chi connectivity index (χ2n) is 15.6. The van der Waals surface area contributed by atoms with E-state index in [0.29, 0.717) is 45.5 Å². The average Bonchev–Trinajstić information content (AvgIpc) is 3.07. The summed E-state index contributed by atoms with van der Waals surface area (Å²) in [5, 5.41) is 21.8. The van der Waals surface area contributed by atoms with Crippen molar-refractivity contribution >= 4 is 23.5 Å². The number of piperidine rings is 2. The molecule has 5 saturated heterocycles. The number of alkyl halides is 3. The molecule has 1 saturated carbocycles. The second kappa shape index (κ2) is 15.2. The monoisotopic (exact) mass is 714 g/mol. The summed E-state index contributed by atoms with van der Waals surface area (Å²) in [6.45, 7) is 15.6. The lowest BCUT2D eigenvalue weighted by Crippen LogP contribution is -2.81. The Morgan fingerprint density at radius 2 is 1.92 bits per heavy atom. The van der Waals surface area contributed by atoms with Crippen LogP contribution in [0.15, 0.2) is 12.7 Å². The van der Waals surface area contributed by atoms with Crippen molar-refractivity contribution in [3.63, 3.8) is 0 Å². The van der Waals surface area contributed by atoms with Gasteiger partial charge >= 0.3 is 6.03 Å². The number of hydrogen-bond donors (Lipinski definition) is 4. The van der Waals surface area contributed by atoms with Crippen LogP contribution in [0.4, 0.5) is 13.6 Å². The number of halogens is 3. The van der Waals surface area contributed by atoms with Gasteiger partial charge < -0.3 is 35.0 Å². The third-order valence-corrected chi connectivity index (χ3v) is 12.8. The number of aliphatic hydroxyl groups excluding tert-OH is 1. The van der Waals surface area contributed by atoms with Gasteiger partial charge in [-0.25, -0.2) is 13.6 Å². The number of piperazine rings is 1. The molecule has 2 bridgehead atoms. The number of carbonyl (C=O) groups excluding carboxylic acids is 2. The molecule has 49 heavy (non-hydrogen) atoms. The number of urea groups is 1. The smallest absolute Gasteiger partial charge is 0.320 e. The van der Waals surface area contributed by atoms with Gasteiger partial charge in [-0.2, -0.15) is 0 Å². The van der Waals surface area contributed by atoms with Gasteiger partial charge in [0.05, 0.1) is 42.6 Å². The fourth-order valence-electron chi connectivity index (χ4n) is 10.0. The summed E-state index contributed by atoms with van der Waals surface area (Å²) < 4.78 is 45.6. The van der Waals surface area contributed by atoms with E-state index in [0.717, 1.165) is 0 Å². The zero-order chi connectivity index (χ0) is 35.3. The first-order valence-corrected chi connectivity index (χ1v) is 18.9. The number of hydrogen-bond acceptors (Lipinski definition) is 8. The number of carbonyl (C=O) groups is 2. The van der Waals surface area contributed by atoms with Crippen LogP contribution < -0.4 is 16.0 Å². The highest BCUT2D eigenvalue weighted by Gasteiger charge is 2.59. The van der Waals surface area contributed by atoms with Crippen LogP contribution in [0.3, 0.4) is 0 Å². The fourth-order valence-corrected chi connectivity index (χ4v) is 10.3. The fraction of sp³-hybridized carbons (Fsp3) is 0.886. The lowest BCUT2D eigenvalue weighted by Gasteiger charge is -2.61. The molecule has 5 aliphatic heterocycles. The highest BCUT2D eigenvalue weighted by Crippen LogP contribution is 2.44. The van der Waals surface area contributed by atoms with E-state index in [4.69, 9.17) is 21.1 Å². The van der Waals surface area contributed by atoms with Crippen molar-refractivity contribution < 1.29 is 33.0 Å². The molecule has 14 heteroatoms. The standard InChI is InChI=1S/C35H57ClF2N6O5/c1-7-26(45)42-14-19(6)43(15-18(42)5)33-21-13-23(37)30-27-24(10-9-22(36)28(27)38)49-16-25(48-8-2)32(46)20-11-12-39-29(17(3)4)31(20)44(34(21)40-30)35(47)41-33/h7,17-25,27-34,39-40,46H,1,8-16H2,2-6H3,(H,41,47)/t18-,19+,20?,21?,22?,23?,24?,25?,27?,28?,29?,30?,31?,32?,33?,34?/m1/s1. The minimum atomic E-state index is -1.53. The molecule has 0 radical (unpaired) electrons. The Labute approximate surface area is 294 Å². The molecule has 16 atom stereocenters. The topological polar surface area (TPSA) is 119 Å². The van der Waals surface area contributed by atoms with E-state index in [1.807, 2.05) is 25.7 Å². The summed E-state index contributed by atoms with van der Waals surface area (Å²) in [6, 6.07) is -2.21. The van der Waals surface area contributed by atoms with E-state index in [2.05, 4.69) is 41.3 Å². The van der Waals surface area contributed by atoms with Crippen LogP contribution in [0.5, 0.6) is 0 Å². The maximum absolute atomic E-state index is 16.8. The molecule has 5 heterocycles. The molecule has 0 aromatic heterocycles. The zero-order valence-corrected chi connectivity index (χ0v) is 30.3. The van der Waals surface area contributed by atoms with E-state index in [1.165, 1.54) is 6.08 Å². The highest BCUT2D eigenvalue weighted by molar-refractivity contribution is 6.21. The van der Waals surface area contributed by atoms with Gasteiger partial charge in [-0.3, -0.25) is 15.0 Å². The molecule has 4 N–H and O–H groups in total. The molecular formula is C35H57ClF2N6O5. The zero-order valence-electron chi connectivity index (χ0n) is 29.5. The van der Waals surface area contributed by atoms with Crippen molar-refractivity contribution in [2.24, 2.45) is 23.7 Å². The van der Waals surface area contributed by atoms with Gasteiger partial charge in [-0.15, -0.1) is 11.6 Å². The second-order valence-corrected chi connectivity index (χ2v) is 16.1. The molecule has 1 aliphatic carbocycles. The summed E-state index contributed by atoms with van der Waals surface area (Å²) in [6.07, 6.45) is -3.66. The Bertz CT molecular complexity index is 1210.